The molecule has 3 rings (SSSR count). The molecular weight excluding hydrogens is 529 g/mol. The van der Waals surface area contributed by atoms with Gasteiger partial charge in [0, 0.05) is 51.5 Å². The molecule has 0 unspecified atom stereocenters. The van der Waals surface area contributed by atoms with Gasteiger partial charge in [0.2, 0.25) is 5.91 Å². The summed E-state index contributed by atoms with van der Waals surface area (Å²) in [7, 11) is 3.37. The molecule has 0 bridgehead atoms. The van der Waals surface area contributed by atoms with Gasteiger partial charge in [-0.2, -0.15) is 0 Å². The second-order valence-corrected chi connectivity index (χ2v) is 8.76. The van der Waals surface area contributed by atoms with Crippen LogP contribution in [0.5, 0.6) is 0 Å². The standard InChI is InChI=1S/C26H37N7O3.2ClH/c1-5-28-12-13-32(18-25(35)31(4)33-16-21-8-6-7-9-22(21)17-33)24(34)15-29-23-14-20(11-10-19(23)2)26(36)30-27-3;;/h6-11,14,27-29H,5,12-13,15-18H2,1-4H3,(H,30,36);2*1H. The predicted molar refractivity (Wildman–Crippen MR) is 154 cm³/mol. The van der Waals surface area contributed by atoms with Crippen LogP contribution >= 0.6 is 24.8 Å². The van der Waals surface area contributed by atoms with Gasteiger partial charge in [-0.05, 0) is 42.3 Å². The van der Waals surface area contributed by atoms with Crippen molar-refractivity contribution in [2.75, 3.05) is 52.1 Å². The monoisotopic (exact) mass is 567 g/mol. The van der Waals surface area contributed by atoms with Gasteiger partial charge >= 0.3 is 0 Å². The highest BCUT2D eigenvalue weighted by Gasteiger charge is 2.27. The van der Waals surface area contributed by atoms with Crippen molar-refractivity contribution in [2.45, 2.75) is 26.9 Å². The molecule has 10 nitrogen and oxygen atoms in total. The first-order valence-electron chi connectivity index (χ1n) is 12.2. The molecule has 0 spiro atoms. The third kappa shape index (κ3) is 8.85. The summed E-state index contributed by atoms with van der Waals surface area (Å²) in [5, 5.41) is 9.97. The molecule has 0 saturated carbocycles. The fourth-order valence-electron chi connectivity index (χ4n) is 4.06. The number of fused-ring (bicyclic) bond motifs is 1. The Kier molecular flexibility index (Phi) is 14.1. The maximum Gasteiger partial charge on any atom is 0.265 e. The zero-order valence-corrected chi connectivity index (χ0v) is 24.0. The van der Waals surface area contributed by atoms with Crippen LogP contribution in [0.25, 0.3) is 0 Å². The molecule has 0 saturated heterocycles. The number of nitrogens with zero attached hydrogens (tertiary/aromatic N) is 3. The third-order valence-corrected chi connectivity index (χ3v) is 6.26. The lowest BCUT2D eigenvalue weighted by Gasteiger charge is -2.31. The van der Waals surface area contributed by atoms with Gasteiger partial charge in [-0.25, -0.2) is 10.4 Å². The van der Waals surface area contributed by atoms with Gasteiger partial charge in [-0.1, -0.05) is 37.3 Å². The molecule has 0 fully saturated rings. The molecule has 0 atom stereocenters. The summed E-state index contributed by atoms with van der Waals surface area (Å²) in [4.78, 5) is 40.0. The summed E-state index contributed by atoms with van der Waals surface area (Å²) < 4.78 is 0. The maximum absolute atomic E-state index is 13.2. The van der Waals surface area contributed by atoms with Crippen molar-refractivity contribution < 1.29 is 14.4 Å². The van der Waals surface area contributed by atoms with Gasteiger partial charge in [0.1, 0.15) is 6.54 Å². The van der Waals surface area contributed by atoms with Crippen LogP contribution in [0.1, 0.15) is 34.0 Å². The Bertz CT molecular complexity index is 1060. The molecule has 1 aliphatic heterocycles. The average molecular weight is 569 g/mol. The SMILES string of the molecule is CCNCCN(CC(=O)N(C)N1Cc2ccccc2C1)C(=O)CNc1cc(C(=O)NNC)ccc1C.Cl.Cl. The third-order valence-electron chi connectivity index (χ3n) is 6.26. The zero-order chi connectivity index (χ0) is 26.1. The van der Waals surface area contributed by atoms with E-state index < -0.39 is 0 Å². The van der Waals surface area contributed by atoms with Crippen LogP contribution in [-0.4, -0.2) is 79.5 Å². The van der Waals surface area contributed by atoms with Gasteiger partial charge < -0.3 is 15.5 Å². The quantitative estimate of drug-likeness (QED) is 0.229. The number of hydrogen-bond acceptors (Lipinski definition) is 7. The van der Waals surface area contributed by atoms with Crippen molar-refractivity contribution in [3.63, 3.8) is 0 Å². The van der Waals surface area contributed by atoms with Gasteiger partial charge in [0.25, 0.3) is 11.8 Å². The topological polar surface area (TPSA) is 109 Å². The molecule has 2 aromatic carbocycles. The van der Waals surface area contributed by atoms with Crippen LogP contribution in [0.3, 0.4) is 0 Å². The molecule has 210 valence electrons. The highest BCUT2D eigenvalue weighted by molar-refractivity contribution is 5.95. The Morgan fingerprint density at radius 1 is 1.00 bits per heavy atom. The number of anilines is 1. The Morgan fingerprint density at radius 2 is 1.66 bits per heavy atom. The molecule has 1 aliphatic rings. The molecule has 38 heavy (non-hydrogen) atoms. The Hall–Kier alpha value is -2.89. The molecule has 4 N–H and O–H groups in total. The molecule has 0 radical (unpaired) electrons. The highest BCUT2D eigenvalue weighted by Crippen LogP contribution is 2.23. The zero-order valence-electron chi connectivity index (χ0n) is 22.4. The number of carbonyl (C=O) groups excluding carboxylic acids is 3. The lowest BCUT2D eigenvalue weighted by molar-refractivity contribution is -0.151. The number of carbonyl (C=O) groups is 3. The number of amides is 3. The Labute approximate surface area is 237 Å². The van der Waals surface area contributed by atoms with E-state index in [1.165, 1.54) is 11.1 Å². The van der Waals surface area contributed by atoms with Gasteiger partial charge in [0.15, 0.2) is 0 Å². The largest absolute Gasteiger partial charge is 0.376 e. The minimum Gasteiger partial charge on any atom is -0.376 e. The van der Waals surface area contributed by atoms with Crippen molar-refractivity contribution in [3.05, 3.63) is 64.7 Å². The van der Waals surface area contributed by atoms with Gasteiger partial charge in [0.05, 0.1) is 6.54 Å². The second-order valence-electron chi connectivity index (χ2n) is 8.76. The summed E-state index contributed by atoms with van der Waals surface area (Å²) in [5.74, 6) is -0.602. The summed E-state index contributed by atoms with van der Waals surface area (Å²) >= 11 is 0. The number of hydrazine groups is 2. The van der Waals surface area contributed by atoms with Crippen molar-refractivity contribution in [1.29, 1.82) is 0 Å². The number of hydrogen-bond donors (Lipinski definition) is 4. The Morgan fingerprint density at radius 3 is 2.26 bits per heavy atom. The van der Waals surface area contributed by atoms with Crippen molar-refractivity contribution in [1.82, 2.24) is 31.1 Å². The molecule has 12 heteroatoms. The fourth-order valence-corrected chi connectivity index (χ4v) is 4.06. The number of benzene rings is 2. The lowest BCUT2D eigenvalue weighted by Crippen LogP contribution is -2.49. The van der Waals surface area contributed by atoms with Crippen molar-refractivity contribution in [3.8, 4) is 0 Å². The molecule has 0 aromatic heterocycles. The molecule has 1 heterocycles. The van der Waals surface area contributed by atoms with E-state index in [9.17, 15) is 14.4 Å². The van der Waals surface area contributed by atoms with E-state index >= 15 is 0 Å². The van der Waals surface area contributed by atoms with E-state index in [4.69, 9.17) is 0 Å². The summed E-state index contributed by atoms with van der Waals surface area (Å²) in [6.45, 7) is 7.02. The molecule has 2 aromatic rings. The number of likely N-dealkylation sites (N-methyl/N-ethyl adjacent to an activating group) is 2. The predicted octanol–water partition coefficient (Wildman–Crippen LogP) is 1.94. The van der Waals surface area contributed by atoms with Crippen LogP contribution in [0.4, 0.5) is 5.69 Å². The van der Waals surface area contributed by atoms with Crippen molar-refractivity contribution in [2.24, 2.45) is 0 Å². The van der Waals surface area contributed by atoms with Crippen LogP contribution in [0, 0.1) is 6.92 Å². The van der Waals surface area contributed by atoms with E-state index in [2.05, 4.69) is 33.6 Å². The summed E-state index contributed by atoms with van der Waals surface area (Å²) in [5.41, 5.74) is 9.64. The summed E-state index contributed by atoms with van der Waals surface area (Å²) in [6, 6.07) is 13.4. The fraction of sp³-hybridized carbons (Fsp3) is 0.423. The number of nitrogens with one attached hydrogen (secondary N) is 4. The van der Waals surface area contributed by atoms with Crippen LogP contribution in [0.15, 0.2) is 42.5 Å². The average Bonchev–Trinajstić information content (AvgIpc) is 3.31. The Balaban J connectivity index is 0.00000361. The van der Waals surface area contributed by atoms with E-state index in [-0.39, 0.29) is 55.6 Å². The number of halogens is 2. The highest BCUT2D eigenvalue weighted by atomic mass is 35.5. The second kappa shape index (κ2) is 16.2. The van der Waals surface area contributed by atoms with Gasteiger partial charge in [-0.3, -0.25) is 24.8 Å². The van der Waals surface area contributed by atoms with Crippen molar-refractivity contribution >= 4 is 48.2 Å². The van der Waals surface area contributed by atoms with Crippen LogP contribution < -0.4 is 21.5 Å². The first kappa shape index (κ1) is 33.1. The molecule has 0 aliphatic carbocycles. The maximum atomic E-state index is 13.2. The minimum atomic E-state index is -0.267. The van der Waals surface area contributed by atoms with Crippen LogP contribution in [-0.2, 0) is 22.7 Å². The normalized spacial score (nSPS) is 12.0. The number of rotatable bonds is 12. The molecule has 3 amide bonds. The van der Waals surface area contributed by atoms with Crippen LogP contribution in [0.2, 0.25) is 0 Å². The first-order valence-corrected chi connectivity index (χ1v) is 12.2. The minimum absolute atomic E-state index is 0. The molecular formula is C26H39Cl2N7O3. The summed E-state index contributed by atoms with van der Waals surface area (Å²) in [6.07, 6.45) is 0. The smallest absolute Gasteiger partial charge is 0.265 e. The first-order chi connectivity index (χ1) is 17.3. The van der Waals surface area contributed by atoms with E-state index in [1.54, 1.807) is 36.1 Å². The van der Waals surface area contributed by atoms with E-state index in [1.807, 2.05) is 37.1 Å². The van der Waals surface area contributed by atoms with E-state index in [0.717, 1.165) is 12.1 Å². The van der Waals surface area contributed by atoms with E-state index in [0.29, 0.717) is 37.4 Å². The lowest BCUT2D eigenvalue weighted by atomic mass is 10.1. The number of aryl methyl sites for hydroxylation is 1. The van der Waals surface area contributed by atoms with Gasteiger partial charge in [-0.15, -0.1) is 24.8 Å².